The van der Waals surface area contributed by atoms with Crippen molar-refractivity contribution in [1.29, 1.82) is 0 Å². The number of carboxylic acid groups (broad SMARTS) is 1. The highest BCUT2D eigenvalue weighted by Crippen LogP contribution is 2.30. The number of para-hydroxylation sites is 1. The van der Waals surface area contributed by atoms with Gasteiger partial charge in [-0.2, -0.15) is 10.1 Å². The van der Waals surface area contributed by atoms with E-state index in [1.165, 1.54) is 12.1 Å². The van der Waals surface area contributed by atoms with Gasteiger partial charge in [-0.25, -0.2) is 4.79 Å². The average molecular weight is 366 g/mol. The number of carbonyl (C=O) groups excluding carboxylic acids is 1. The molecule has 2 aromatic carbocycles. The van der Waals surface area contributed by atoms with Gasteiger partial charge in [-0.15, -0.1) is 0 Å². The molecule has 138 valence electrons. The fourth-order valence-electron chi connectivity index (χ4n) is 2.63. The van der Waals surface area contributed by atoms with E-state index in [-0.39, 0.29) is 5.91 Å². The molecule has 0 aromatic heterocycles. The monoisotopic (exact) mass is 366 g/mol. The molecular formula is C20H18N2O5. The maximum absolute atomic E-state index is 12.7. The Morgan fingerprint density at radius 2 is 1.93 bits per heavy atom. The quantitative estimate of drug-likeness (QED) is 0.794. The molecule has 0 aliphatic carbocycles. The molecular weight excluding hydrogens is 348 g/mol. The van der Waals surface area contributed by atoms with Crippen LogP contribution in [-0.2, 0) is 9.59 Å². The van der Waals surface area contributed by atoms with Crippen LogP contribution >= 0.6 is 0 Å². The van der Waals surface area contributed by atoms with Crippen molar-refractivity contribution in [1.82, 2.24) is 0 Å². The van der Waals surface area contributed by atoms with Gasteiger partial charge in [0.15, 0.2) is 18.1 Å². The topological polar surface area (TPSA) is 88.4 Å². The van der Waals surface area contributed by atoms with E-state index >= 15 is 0 Å². The molecule has 7 heteroatoms. The molecule has 7 nitrogen and oxygen atoms in total. The van der Waals surface area contributed by atoms with Gasteiger partial charge < -0.3 is 14.6 Å². The third-order valence-corrected chi connectivity index (χ3v) is 3.91. The number of carboxylic acids is 1. The summed E-state index contributed by atoms with van der Waals surface area (Å²) >= 11 is 0. The first-order valence-electron chi connectivity index (χ1n) is 8.19. The van der Waals surface area contributed by atoms with Crippen molar-refractivity contribution in [2.45, 2.75) is 6.92 Å². The summed E-state index contributed by atoms with van der Waals surface area (Å²) in [5, 5.41) is 14.4. The SMILES string of the molecule is COc1cc(/C=C2\C(=O)N(c3ccccc3)N=C2C)ccc1OCC(=O)O. The van der Waals surface area contributed by atoms with E-state index in [0.717, 1.165) is 0 Å². The van der Waals surface area contributed by atoms with Crippen molar-refractivity contribution in [3.8, 4) is 11.5 Å². The summed E-state index contributed by atoms with van der Waals surface area (Å²) in [6.45, 7) is 1.31. The summed E-state index contributed by atoms with van der Waals surface area (Å²) < 4.78 is 10.4. The van der Waals surface area contributed by atoms with Gasteiger partial charge in [0.05, 0.1) is 24.1 Å². The zero-order valence-electron chi connectivity index (χ0n) is 14.9. The van der Waals surface area contributed by atoms with Crippen LogP contribution in [0.25, 0.3) is 6.08 Å². The lowest BCUT2D eigenvalue weighted by Gasteiger charge is -2.11. The van der Waals surface area contributed by atoms with E-state index in [1.807, 2.05) is 30.3 Å². The normalized spacial score (nSPS) is 15.0. The number of hydrogen-bond donors (Lipinski definition) is 1. The van der Waals surface area contributed by atoms with E-state index in [4.69, 9.17) is 14.6 Å². The van der Waals surface area contributed by atoms with Gasteiger partial charge in [0.25, 0.3) is 5.91 Å². The fraction of sp³-hybridized carbons (Fsp3) is 0.150. The number of rotatable bonds is 6. The molecule has 0 fully saturated rings. The average Bonchev–Trinajstić information content (AvgIpc) is 2.95. The highest BCUT2D eigenvalue weighted by Gasteiger charge is 2.28. The molecule has 3 rings (SSSR count). The van der Waals surface area contributed by atoms with Crippen LogP contribution in [0, 0.1) is 0 Å². The van der Waals surface area contributed by atoms with Crippen LogP contribution in [0.1, 0.15) is 12.5 Å². The Balaban J connectivity index is 1.87. The molecule has 2 aromatic rings. The third-order valence-electron chi connectivity index (χ3n) is 3.91. The summed E-state index contributed by atoms with van der Waals surface area (Å²) in [5.41, 5.74) is 2.48. The molecule has 1 amide bonds. The zero-order chi connectivity index (χ0) is 19.4. The van der Waals surface area contributed by atoms with Crippen LogP contribution in [0.15, 0.2) is 59.2 Å². The first-order chi connectivity index (χ1) is 13.0. The maximum Gasteiger partial charge on any atom is 0.341 e. The minimum atomic E-state index is -1.08. The predicted molar refractivity (Wildman–Crippen MR) is 101 cm³/mol. The van der Waals surface area contributed by atoms with Gasteiger partial charge >= 0.3 is 5.97 Å². The zero-order valence-corrected chi connectivity index (χ0v) is 14.9. The molecule has 0 unspecified atom stereocenters. The van der Waals surface area contributed by atoms with Gasteiger partial charge in [0, 0.05) is 0 Å². The van der Waals surface area contributed by atoms with Gasteiger partial charge in [0.2, 0.25) is 0 Å². The van der Waals surface area contributed by atoms with Crippen molar-refractivity contribution in [2.24, 2.45) is 5.10 Å². The van der Waals surface area contributed by atoms with Crippen LogP contribution < -0.4 is 14.5 Å². The number of nitrogens with zero attached hydrogens (tertiary/aromatic N) is 2. The largest absolute Gasteiger partial charge is 0.493 e. The fourth-order valence-corrected chi connectivity index (χ4v) is 2.63. The number of amides is 1. The lowest BCUT2D eigenvalue weighted by Crippen LogP contribution is -2.21. The molecule has 0 spiro atoms. The van der Waals surface area contributed by atoms with Crippen molar-refractivity contribution in [3.63, 3.8) is 0 Å². The van der Waals surface area contributed by atoms with E-state index in [9.17, 15) is 9.59 Å². The molecule has 27 heavy (non-hydrogen) atoms. The molecule has 0 saturated heterocycles. The smallest absolute Gasteiger partial charge is 0.341 e. The van der Waals surface area contributed by atoms with E-state index < -0.39 is 12.6 Å². The Hall–Kier alpha value is -3.61. The number of anilines is 1. The highest BCUT2D eigenvalue weighted by atomic mass is 16.5. The number of aliphatic carboxylic acids is 1. The summed E-state index contributed by atoms with van der Waals surface area (Å²) in [6.07, 6.45) is 1.72. The molecule has 0 bridgehead atoms. The first kappa shape index (κ1) is 18.2. The number of hydrogen-bond acceptors (Lipinski definition) is 5. The molecule has 0 radical (unpaired) electrons. The Morgan fingerprint density at radius 1 is 1.19 bits per heavy atom. The summed E-state index contributed by atoms with van der Waals surface area (Å²) in [4.78, 5) is 23.4. The maximum atomic E-state index is 12.7. The number of benzene rings is 2. The number of ether oxygens (including phenoxy) is 2. The predicted octanol–water partition coefficient (Wildman–Crippen LogP) is 2.96. The molecule has 1 N–H and O–H groups in total. The van der Waals surface area contributed by atoms with Crippen LogP contribution in [0.2, 0.25) is 0 Å². The van der Waals surface area contributed by atoms with Crippen molar-refractivity contribution < 1.29 is 24.2 Å². The van der Waals surface area contributed by atoms with E-state index in [0.29, 0.717) is 34.0 Å². The van der Waals surface area contributed by atoms with Gasteiger partial charge in [-0.05, 0) is 42.8 Å². The summed E-state index contributed by atoms with van der Waals surface area (Å²) in [5.74, 6) is -0.599. The van der Waals surface area contributed by atoms with Crippen molar-refractivity contribution in [2.75, 3.05) is 18.7 Å². The first-order valence-corrected chi connectivity index (χ1v) is 8.19. The van der Waals surface area contributed by atoms with Crippen molar-refractivity contribution in [3.05, 3.63) is 59.7 Å². The van der Waals surface area contributed by atoms with Gasteiger partial charge in [0.1, 0.15) is 0 Å². The van der Waals surface area contributed by atoms with Gasteiger partial charge in [-0.1, -0.05) is 24.3 Å². The van der Waals surface area contributed by atoms with Crippen LogP contribution in [0.5, 0.6) is 11.5 Å². The summed E-state index contributed by atoms with van der Waals surface area (Å²) in [7, 11) is 1.46. The minimum Gasteiger partial charge on any atom is -0.493 e. The third kappa shape index (κ3) is 3.98. The Labute approximate surface area is 156 Å². The molecule has 0 saturated carbocycles. The standard InChI is InChI=1S/C20H18N2O5/c1-13-16(20(25)22(21-13)15-6-4-3-5-7-15)10-14-8-9-17(18(11-14)26-2)27-12-19(23)24/h3-11H,12H2,1-2H3,(H,23,24)/b16-10-. The molecule has 1 aliphatic rings. The molecule has 1 aliphatic heterocycles. The lowest BCUT2D eigenvalue weighted by molar-refractivity contribution is -0.139. The van der Waals surface area contributed by atoms with Crippen molar-refractivity contribution >= 4 is 29.4 Å². The summed E-state index contributed by atoms with van der Waals surface area (Å²) in [6, 6.07) is 14.2. The molecule has 0 atom stereocenters. The number of methoxy groups -OCH3 is 1. The van der Waals surface area contributed by atoms with E-state index in [1.54, 1.807) is 31.2 Å². The number of carbonyl (C=O) groups is 2. The second kappa shape index (κ2) is 7.74. The lowest BCUT2D eigenvalue weighted by atomic mass is 10.1. The second-order valence-electron chi connectivity index (χ2n) is 5.79. The second-order valence-corrected chi connectivity index (χ2v) is 5.79. The Bertz CT molecular complexity index is 935. The Morgan fingerprint density at radius 3 is 2.59 bits per heavy atom. The highest BCUT2D eigenvalue weighted by molar-refractivity contribution is 6.32. The Kier molecular flexibility index (Phi) is 5.21. The van der Waals surface area contributed by atoms with Crippen LogP contribution in [0.3, 0.4) is 0 Å². The van der Waals surface area contributed by atoms with Gasteiger partial charge in [-0.3, -0.25) is 4.79 Å². The van der Waals surface area contributed by atoms with Crippen LogP contribution in [0.4, 0.5) is 5.69 Å². The molecule has 1 heterocycles. The van der Waals surface area contributed by atoms with Crippen LogP contribution in [-0.4, -0.2) is 36.4 Å². The number of hydrazone groups is 1. The minimum absolute atomic E-state index is 0.219. The van der Waals surface area contributed by atoms with E-state index in [2.05, 4.69) is 5.10 Å².